The molecule has 0 aliphatic carbocycles. The van der Waals surface area contributed by atoms with Crippen LogP contribution in [0.25, 0.3) is 0 Å². The zero-order valence-electron chi connectivity index (χ0n) is 17.0. The van der Waals surface area contributed by atoms with Crippen molar-refractivity contribution < 1.29 is 19.7 Å². The predicted molar refractivity (Wildman–Crippen MR) is 119 cm³/mol. The van der Waals surface area contributed by atoms with Crippen LogP contribution in [0, 0.1) is 0 Å². The number of rotatable bonds is 10. The van der Waals surface area contributed by atoms with Gasteiger partial charge in [-0.3, -0.25) is 0 Å². The highest BCUT2D eigenvalue weighted by atomic mass is 79.9. The van der Waals surface area contributed by atoms with E-state index in [-0.39, 0.29) is 13.2 Å². The van der Waals surface area contributed by atoms with Gasteiger partial charge in [-0.05, 0) is 48.0 Å². The van der Waals surface area contributed by atoms with Gasteiger partial charge in [-0.1, -0.05) is 6.07 Å². The van der Waals surface area contributed by atoms with E-state index < -0.39 is 12.2 Å². The molecule has 0 aliphatic heterocycles. The average Bonchev–Trinajstić information content (AvgIpc) is 2.75. The fourth-order valence-electron chi connectivity index (χ4n) is 2.33. The smallest absolute Gasteiger partial charge is 0.233 e. The lowest BCUT2D eigenvalue weighted by molar-refractivity contribution is 0.0569. The largest absolute Gasteiger partial charge is 0.475 e. The number of aromatic nitrogens is 4. The maximum absolute atomic E-state index is 9.65. The number of halogens is 1. The lowest BCUT2D eigenvalue weighted by atomic mass is 10.2. The van der Waals surface area contributed by atoms with Gasteiger partial charge in [0.1, 0.15) is 12.7 Å². The summed E-state index contributed by atoms with van der Waals surface area (Å²) in [4.78, 5) is 17.0. The highest BCUT2D eigenvalue weighted by molar-refractivity contribution is 9.10. The molecule has 0 saturated carbocycles. The summed E-state index contributed by atoms with van der Waals surface area (Å²) in [6.07, 6.45) is 2.07. The second-order valence-corrected chi connectivity index (χ2v) is 7.39. The van der Waals surface area contributed by atoms with Crippen LogP contribution < -0.4 is 20.1 Å². The molecule has 10 nitrogen and oxygen atoms in total. The van der Waals surface area contributed by atoms with E-state index in [1.807, 2.05) is 24.3 Å². The molecule has 11 heteroatoms. The first-order valence-electron chi connectivity index (χ1n) is 9.52. The van der Waals surface area contributed by atoms with Gasteiger partial charge in [-0.2, -0.15) is 9.97 Å². The molecule has 4 N–H and O–H groups in total. The van der Waals surface area contributed by atoms with Crippen LogP contribution in [0.5, 0.6) is 11.8 Å². The molecule has 0 radical (unpaired) electrons. The van der Waals surface area contributed by atoms with Crippen LogP contribution in [0.3, 0.4) is 0 Å². The first-order chi connectivity index (χ1) is 14.9. The molecule has 2 aromatic heterocycles. The molecule has 164 valence electrons. The fraction of sp³-hybridized carbons (Fsp3) is 0.300. The van der Waals surface area contributed by atoms with Crippen molar-refractivity contribution in [3.8, 4) is 11.8 Å². The minimum Gasteiger partial charge on any atom is -0.475 e. The molecule has 1 aromatic carbocycles. The van der Waals surface area contributed by atoms with E-state index in [4.69, 9.17) is 14.6 Å². The van der Waals surface area contributed by atoms with E-state index in [9.17, 15) is 5.11 Å². The summed E-state index contributed by atoms with van der Waals surface area (Å²) >= 11 is 3.36. The first-order valence-corrected chi connectivity index (χ1v) is 10.3. The van der Waals surface area contributed by atoms with Gasteiger partial charge in [-0.15, -0.1) is 0 Å². The van der Waals surface area contributed by atoms with Gasteiger partial charge in [0.2, 0.25) is 23.7 Å². The Balaban J connectivity index is 1.71. The lowest BCUT2D eigenvalue weighted by Gasteiger charge is -2.17. The molecule has 2 atom stereocenters. The molecule has 0 fully saturated rings. The summed E-state index contributed by atoms with van der Waals surface area (Å²) in [6, 6.07) is 9.02. The van der Waals surface area contributed by atoms with Crippen LogP contribution >= 0.6 is 15.9 Å². The van der Waals surface area contributed by atoms with Gasteiger partial charge >= 0.3 is 0 Å². The first kappa shape index (κ1) is 22.7. The molecule has 3 rings (SSSR count). The predicted octanol–water partition coefficient (Wildman–Crippen LogP) is 3.04. The topological polar surface area (TPSA) is 135 Å². The third-order valence-electron chi connectivity index (χ3n) is 4.03. The second kappa shape index (κ2) is 10.8. The van der Waals surface area contributed by atoms with Gasteiger partial charge in [-0.25, -0.2) is 9.97 Å². The van der Waals surface area contributed by atoms with Crippen molar-refractivity contribution in [1.82, 2.24) is 19.9 Å². The number of benzene rings is 1. The van der Waals surface area contributed by atoms with Crippen LogP contribution in [0.2, 0.25) is 0 Å². The van der Waals surface area contributed by atoms with Crippen LogP contribution in [0.4, 0.5) is 23.3 Å². The van der Waals surface area contributed by atoms with Crippen molar-refractivity contribution in [2.45, 2.75) is 26.1 Å². The van der Waals surface area contributed by atoms with E-state index in [1.54, 1.807) is 32.3 Å². The number of aliphatic hydroxyl groups is 2. The molecule has 0 saturated heterocycles. The van der Waals surface area contributed by atoms with Crippen molar-refractivity contribution in [3.63, 3.8) is 0 Å². The van der Waals surface area contributed by atoms with Crippen LogP contribution in [0.15, 0.2) is 47.2 Å². The number of hydrogen-bond donors (Lipinski definition) is 4. The summed E-state index contributed by atoms with van der Waals surface area (Å²) in [5, 5.41) is 24.7. The summed E-state index contributed by atoms with van der Waals surface area (Å²) in [6.45, 7) is 3.47. The lowest BCUT2D eigenvalue weighted by Crippen LogP contribution is -2.26. The Labute approximate surface area is 187 Å². The van der Waals surface area contributed by atoms with E-state index in [0.717, 1.165) is 11.4 Å². The Morgan fingerprint density at radius 2 is 1.77 bits per heavy atom. The highest BCUT2D eigenvalue weighted by Gasteiger charge is 2.15. The standard InChI is InChI=1S/C20H23BrN6O4/c1-12(29)13(2)31-18-16(21)11-23-20(27-18)25-15-5-3-4-14(10-15)24-19-22-7-6-17(26-19)30-9-8-28/h3-7,10-13,28-29H,8-9H2,1-2H3,(H,22,24,26)(H,23,25,27)/t12-,13-/m1/s1. The van der Waals surface area contributed by atoms with Gasteiger partial charge in [0.05, 0.1) is 23.4 Å². The number of ether oxygens (including phenoxy) is 2. The monoisotopic (exact) mass is 490 g/mol. The van der Waals surface area contributed by atoms with Crippen LogP contribution in [0.1, 0.15) is 13.8 Å². The number of aliphatic hydroxyl groups excluding tert-OH is 2. The van der Waals surface area contributed by atoms with E-state index in [2.05, 4.69) is 46.5 Å². The zero-order valence-corrected chi connectivity index (χ0v) is 18.6. The normalized spacial score (nSPS) is 12.7. The second-order valence-electron chi connectivity index (χ2n) is 6.53. The summed E-state index contributed by atoms with van der Waals surface area (Å²) < 4.78 is 11.6. The summed E-state index contributed by atoms with van der Waals surface area (Å²) in [5.74, 6) is 1.38. The quantitative estimate of drug-likeness (QED) is 0.335. The van der Waals surface area contributed by atoms with Crippen molar-refractivity contribution in [3.05, 3.63) is 47.2 Å². The minimum absolute atomic E-state index is 0.0939. The number of nitrogens with one attached hydrogen (secondary N) is 2. The summed E-state index contributed by atoms with van der Waals surface area (Å²) in [7, 11) is 0. The van der Waals surface area contributed by atoms with Crippen molar-refractivity contribution >= 4 is 39.2 Å². The molecule has 0 unspecified atom stereocenters. The summed E-state index contributed by atoms with van der Waals surface area (Å²) in [5.41, 5.74) is 1.47. The number of anilines is 4. The Morgan fingerprint density at radius 1 is 1.06 bits per heavy atom. The molecule has 3 aromatic rings. The fourth-order valence-corrected chi connectivity index (χ4v) is 2.62. The van der Waals surface area contributed by atoms with Crippen molar-refractivity contribution in [2.75, 3.05) is 23.8 Å². The molecule has 2 heterocycles. The van der Waals surface area contributed by atoms with E-state index in [1.165, 1.54) is 0 Å². The van der Waals surface area contributed by atoms with Gasteiger partial charge in [0.15, 0.2) is 0 Å². The van der Waals surface area contributed by atoms with E-state index in [0.29, 0.717) is 28.1 Å². The number of hydrogen-bond acceptors (Lipinski definition) is 10. The molecule has 0 bridgehead atoms. The molecular formula is C20H23BrN6O4. The van der Waals surface area contributed by atoms with Crippen molar-refractivity contribution in [2.24, 2.45) is 0 Å². The van der Waals surface area contributed by atoms with E-state index >= 15 is 0 Å². The van der Waals surface area contributed by atoms with Crippen LogP contribution in [-0.2, 0) is 0 Å². The number of nitrogens with zero attached hydrogens (tertiary/aromatic N) is 4. The average molecular weight is 491 g/mol. The molecule has 31 heavy (non-hydrogen) atoms. The molecule has 0 amide bonds. The molecular weight excluding hydrogens is 468 g/mol. The third kappa shape index (κ3) is 6.74. The van der Waals surface area contributed by atoms with Crippen LogP contribution in [-0.4, -0.2) is 55.6 Å². The third-order valence-corrected chi connectivity index (χ3v) is 4.58. The molecule has 0 aliphatic rings. The maximum atomic E-state index is 9.65. The van der Waals surface area contributed by atoms with Gasteiger partial charge < -0.3 is 30.3 Å². The molecule has 0 spiro atoms. The SMILES string of the molecule is C[C@@H](O)[C@@H](C)Oc1nc(Nc2cccc(Nc3nccc(OCCO)n3)c2)ncc1Br. The zero-order chi connectivity index (χ0) is 22.2. The van der Waals surface area contributed by atoms with Gasteiger partial charge in [0, 0.05) is 23.6 Å². The Hall–Kier alpha value is -3.02. The Kier molecular flexibility index (Phi) is 7.93. The van der Waals surface area contributed by atoms with Gasteiger partial charge in [0.25, 0.3) is 0 Å². The minimum atomic E-state index is -0.643. The maximum Gasteiger partial charge on any atom is 0.233 e. The Morgan fingerprint density at radius 3 is 2.45 bits per heavy atom. The highest BCUT2D eigenvalue weighted by Crippen LogP contribution is 2.26. The van der Waals surface area contributed by atoms with Crippen molar-refractivity contribution in [1.29, 1.82) is 0 Å². The Bertz CT molecular complexity index is 1010.